The van der Waals surface area contributed by atoms with Gasteiger partial charge in [-0.05, 0) is 61.6 Å². The lowest BCUT2D eigenvalue weighted by Crippen LogP contribution is -2.28. The second kappa shape index (κ2) is 10.4. The van der Waals surface area contributed by atoms with E-state index in [2.05, 4.69) is 41.9 Å². The summed E-state index contributed by atoms with van der Waals surface area (Å²) in [6.45, 7) is 7.77. The highest BCUT2D eigenvalue weighted by Crippen LogP contribution is 2.26. The molecule has 0 aliphatic carbocycles. The van der Waals surface area contributed by atoms with Crippen molar-refractivity contribution in [2.45, 2.75) is 52.1 Å². The number of amides is 1. The average molecular weight is 446 g/mol. The zero-order chi connectivity index (χ0) is 23.2. The van der Waals surface area contributed by atoms with Crippen LogP contribution >= 0.6 is 0 Å². The van der Waals surface area contributed by atoms with Gasteiger partial charge in [0, 0.05) is 6.54 Å². The molecule has 33 heavy (non-hydrogen) atoms. The molecule has 0 aliphatic rings. The van der Waals surface area contributed by atoms with E-state index in [4.69, 9.17) is 14.1 Å². The zero-order valence-corrected chi connectivity index (χ0v) is 19.5. The molecule has 6 heteroatoms. The van der Waals surface area contributed by atoms with Gasteiger partial charge in [-0.15, -0.1) is 0 Å². The number of carbonyl (C=O) groups is 1. The topological polar surface area (TPSA) is 69.3 Å². The standard InChI is InChI=1S/C27H31N3O3/c1-19(2)21-11-4-7-14-24(21)32-17-9-8-16-30-23-13-6-5-12-22(23)29-26(30)20(3)28-27(31)25-15-10-18-33-25/h4-7,10-15,18-20H,8-9,16-17H2,1-3H3,(H,28,31). The number of carbonyl (C=O) groups excluding carboxylic acids is 1. The summed E-state index contributed by atoms with van der Waals surface area (Å²) in [6.07, 6.45) is 3.36. The number of nitrogens with zero attached hydrogens (tertiary/aromatic N) is 2. The summed E-state index contributed by atoms with van der Waals surface area (Å²) in [7, 11) is 0. The fourth-order valence-corrected chi connectivity index (χ4v) is 4.04. The Morgan fingerprint density at radius 1 is 1.03 bits per heavy atom. The smallest absolute Gasteiger partial charge is 0.287 e. The van der Waals surface area contributed by atoms with Crippen molar-refractivity contribution in [2.75, 3.05) is 6.61 Å². The largest absolute Gasteiger partial charge is 0.493 e. The molecule has 4 aromatic rings. The number of aryl methyl sites for hydroxylation is 1. The van der Waals surface area contributed by atoms with Gasteiger partial charge in [0.1, 0.15) is 11.6 Å². The van der Waals surface area contributed by atoms with E-state index in [-0.39, 0.29) is 11.9 Å². The molecular formula is C27H31N3O3. The van der Waals surface area contributed by atoms with E-state index in [0.29, 0.717) is 18.3 Å². The molecule has 1 amide bonds. The first-order chi connectivity index (χ1) is 16.0. The number of furan rings is 1. The summed E-state index contributed by atoms with van der Waals surface area (Å²) in [5, 5.41) is 3.00. The molecule has 6 nitrogen and oxygen atoms in total. The molecule has 0 radical (unpaired) electrons. The Bertz CT molecular complexity index is 1190. The number of imidazole rings is 1. The van der Waals surface area contributed by atoms with E-state index in [0.717, 1.165) is 42.0 Å². The van der Waals surface area contributed by atoms with E-state index in [1.807, 2.05) is 37.3 Å². The summed E-state index contributed by atoms with van der Waals surface area (Å²) >= 11 is 0. The molecule has 172 valence electrons. The van der Waals surface area contributed by atoms with Gasteiger partial charge >= 0.3 is 0 Å². The van der Waals surface area contributed by atoms with Crippen LogP contribution in [-0.2, 0) is 6.54 Å². The normalized spacial score (nSPS) is 12.2. The predicted octanol–water partition coefficient (Wildman–Crippen LogP) is 6.10. The minimum atomic E-state index is -0.260. The van der Waals surface area contributed by atoms with Gasteiger partial charge in [0.15, 0.2) is 5.76 Å². The quantitative estimate of drug-likeness (QED) is 0.299. The highest BCUT2D eigenvalue weighted by atomic mass is 16.5. The van der Waals surface area contributed by atoms with Crippen LogP contribution < -0.4 is 10.1 Å². The van der Waals surface area contributed by atoms with Gasteiger partial charge in [0.2, 0.25) is 0 Å². The number of rotatable bonds is 10. The first-order valence-corrected chi connectivity index (χ1v) is 11.6. The van der Waals surface area contributed by atoms with Gasteiger partial charge in [0.05, 0.1) is 29.9 Å². The third-order valence-corrected chi connectivity index (χ3v) is 5.74. The molecular weight excluding hydrogens is 414 g/mol. The van der Waals surface area contributed by atoms with Crippen LogP contribution in [0.15, 0.2) is 71.3 Å². The molecule has 1 N–H and O–H groups in total. The van der Waals surface area contributed by atoms with E-state index >= 15 is 0 Å². The molecule has 0 saturated carbocycles. The van der Waals surface area contributed by atoms with E-state index in [1.165, 1.54) is 11.8 Å². The number of hydrogen-bond acceptors (Lipinski definition) is 4. The number of benzene rings is 2. The van der Waals surface area contributed by atoms with Crippen molar-refractivity contribution < 1.29 is 13.9 Å². The van der Waals surface area contributed by atoms with Crippen molar-refractivity contribution in [1.82, 2.24) is 14.9 Å². The summed E-state index contributed by atoms with van der Waals surface area (Å²) in [6, 6.07) is 19.4. The monoisotopic (exact) mass is 445 g/mol. The molecule has 0 saturated heterocycles. The lowest BCUT2D eigenvalue weighted by atomic mass is 10.0. The maximum Gasteiger partial charge on any atom is 0.287 e. The lowest BCUT2D eigenvalue weighted by Gasteiger charge is -2.16. The minimum Gasteiger partial charge on any atom is -0.493 e. The molecule has 1 atom stereocenters. The van der Waals surface area contributed by atoms with Crippen molar-refractivity contribution in [3.8, 4) is 5.75 Å². The second-order valence-corrected chi connectivity index (χ2v) is 8.53. The van der Waals surface area contributed by atoms with Crippen LogP contribution in [-0.4, -0.2) is 22.1 Å². The van der Waals surface area contributed by atoms with Gasteiger partial charge in [-0.25, -0.2) is 4.98 Å². The Hall–Kier alpha value is -3.54. The van der Waals surface area contributed by atoms with Gasteiger partial charge in [-0.1, -0.05) is 44.2 Å². The van der Waals surface area contributed by atoms with Crippen LogP contribution in [0.3, 0.4) is 0 Å². The second-order valence-electron chi connectivity index (χ2n) is 8.53. The Morgan fingerprint density at radius 3 is 2.61 bits per heavy atom. The Labute approximate surface area is 194 Å². The summed E-state index contributed by atoms with van der Waals surface area (Å²) < 4.78 is 13.5. The number of fused-ring (bicyclic) bond motifs is 1. The van der Waals surface area contributed by atoms with Gasteiger partial charge in [-0.2, -0.15) is 0 Å². The SMILES string of the molecule is CC(C)c1ccccc1OCCCCn1c(C(C)NC(=O)c2ccco2)nc2ccccc21. The van der Waals surface area contributed by atoms with Gasteiger partial charge in [0.25, 0.3) is 5.91 Å². The Balaban J connectivity index is 1.41. The number of para-hydroxylation sites is 3. The van der Waals surface area contributed by atoms with Crippen molar-refractivity contribution in [3.63, 3.8) is 0 Å². The van der Waals surface area contributed by atoms with Gasteiger partial charge < -0.3 is 19.0 Å². The first-order valence-electron chi connectivity index (χ1n) is 11.6. The number of hydrogen-bond donors (Lipinski definition) is 1. The van der Waals surface area contributed by atoms with Crippen LogP contribution in [0.5, 0.6) is 5.75 Å². The van der Waals surface area contributed by atoms with Crippen molar-refractivity contribution in [2.24, 2.45) is 0 Å². The minimum absolute atomic E-state index is 0.247. The summed E-state index contributed by atoms with van der Waals surface area (Å²) in [5.74, 6) is 2.28. The van der Waals surface area contributed by atoms with Crippen LogP contribution in [0.1, 0.15) is 67.5 Å². The third kappa shape index (κ3) is 5.28. The van der Waals surface area contributed by atoms with Gasteiger partial charge in [-0.3, -0.25) is 4.79 Å². The Morgan fingerprint density at radius 2 is 1.82 bits per heavy atom. The van der Waals surface area contributed by atoms with Crippen molar-refractivity contribution >= 4 is 16.9 Å². The van der Waals surface area contributed by atoms with Crippen molar-refractivity contribution in [1.29, 1.82) is 0 Å². The molecule has 4 rings (SSSR count). The number of unbranched alkanes of at least 4 members (excludes halogenated alkanes) is 1. The van der Waals surface area contributed by atoms with E-state index < -0.39 is 0 Å². The molecule has 0 bridgehead atoms. The highest BCUT2D eigenvalue weighted by Gasteiger charge is 2.20. The first kappa shape index (κ1) is 22.6. The van der Waals surface area contributed by atoms with Crippen LogP contribution in [0.2, 0.25) is 0 Å². The van der Waals surface area contributed by atoms with E-state index in [9.17, 15) is 4.79 Å². The lowest BCUT2D eigenvalue weighted by molar-refractivity contribution is 0.0909. The zero-order valence-electron chi connectivity index (χ0n) is 19.5. The molecule has 0 aliphatic heterocycles. The fourth-order valence-electron chi connectivity index (χ4n) is 4.04. The van der Waals surface area contributed by atoms with Crippen LogP contribution in [0.4, 0.5) is 0 Å². The highest BCUT2D eigenvalue weighted by molar-refractivity contribution is 5.91. The Kier molecular flexibility index (Phi) is 7.13. The molecule has 2 heterocycles. The average Bonchev–Trinajstić information content (AvgIpc) is 3.48. The molecule has 0 fully saturated rings. The summed E-state index contributed by atoms with van der Waals surface area (Å²) in [4.78, 5) is 17.3. The van der Waals surface area contributed by atoms with Crippen LogP contribution in [0.25, 0.3) is 11.0 Å². The molecule has 2 aromatic heterocycles. The maximum absolute atomic E-state index is 12.5. The van der Waals surface area contributed by atoms with E-state index in [1.54, 1.807) is 12.1 Å². The molecule has 1 unspecified atom stereocenters. The third-order valence-electron chi connectivity index (χ3n) is 5.74. The van der Waals surface area contributed by atoms with Crippen LogP contribution in [0, 0.1) is 0 Å². The van der Waals surface area contributed by atoms with Crippen molar-refractivity contribution in [3.05, 3.63) is 84.1 Å². The number of nitrogens with one attached hydrogen (secondary N) is 1. The summed E-state index contributed by atoms with van der Waals surface area (Å²) in [5.41, 5.74) is 3.23. The number of aromatic nitrogens is 2. The predicted molar refractivity (Wildman–Crippen MR) is 130 cm³/mol. The molecule has 0 spiro atoms. The number of ether oxygens (including phenoxy) is 1. The maximum atomic E-state index is 12.5. The molecule has 2 aromatic carbocycles. The fraction of sp³-hybridized carbons (Fsp3) is 0.333.